The zero-order valence-corrected chi connectivity index (χ0v) is 13.7. The van der Waals surface area contributed by atoms with Crippen molar-refractivity contribution in [3.63, 3.8) is 0 Å². The summed E-state index contributed by atoms with van der Waals surface area (Å²) in [6, 6.07) is 5.38. The fraction of sp³-hybridized carbons (Fsp3) is 0.562. The van der Waals surface area contributed by atoms with E-state index >= 15 is 0 Å². The first-order chi connectivity index (χ1) is 10.7. The van der Waals surface area contributed by atoms with Crippen LogP contribution in [0, 0.1) is 0 Å². The Morgan fingerprint density at radius 3 is 2.86 bits per heavy atom. The molecule has 3 N–H and O–H groups in total. The van der Waals surface area contributed by atoms with Gasteiger partial charge < -0.3 is 20.5 Å². The van der Waals surface area contributed by atoms with Crippen LogP contribution in [0.3, 0.4) is 0 Å². The van der Waals surface area contributed by atoms with Crippen LogP contribution in [0.1, 0.15) is 32.1 Å². The van der Waals surface area contributed by atoms with Gasteiger partial charge in [0.15, 0.2) is 5.96 Å². The largest absolute Gasteiger partial charge is 0.495 e. The van der Waals surface area contributed by atoms with E-state index in [1.807, 2.05) is 6.07 Å². The minimum atomic E-state index is 0.377. The van der Waals surface area contributed by atoms with Crippen LogP contribution in [0.15, 0.2) is 23.2 Å². The van der Waals surface area contributed by atoms with Gasteiger partial charge in [0.1, 0.15) is 5.75 Å². The fourth-order valence-electron chi connectivity index (χ4n) is 2.50. The standard InChI is InChI=1S/C16H24ClN3O2/c1-21-15-8-7-12(11-14(15)17)20-16(18)19-9-4-10-22-13-5-2-3-6-13/h7-8,11,13H,2-6,9-10H2,1H3,(H3,18,19,20). The van der Waals surface area contributed by atoms with Crippen LogP contribution in [0.25, 0.3) is 0 Å². The maximum absolute atomic E-state index is 6.06. The molecule has 1 aromatic carbocycles. The summed E-state index contributed by atoms with van der Waals surface area (Å²) in [5.74, 6) is 1.01. The zero-order valence-electron chi connectivity index (χ0n) is 13.0. The number of rotatable bonds is 7. The third kappa shape index (κ3) is 5.39. The van der Waals surface area contributed by atoms with Crippen LogP contribution in [0.4, 0.5) is 5.69 Å². The van der Waals surface area contributed by atoms with Gasteiger partial charge in [-0.25, -0.2) is 0 Å². The normalized spacial score (nSPS) is 16.0. The monoisotopic (exact) mass is 325 g/mol. The van der Waals surface area contributed by atoms with E-state index in [1.54, 1.807) is 19.2 Å². The maximum Gasteiger partial charge on any atom is 0.193 e. The summed E-state index contributed by atoms with van der Waals surface area (Å²) in [5.41, 5.74) is 6.64. The van der Waals surface area contributed by atoms with Crippen molar-refractivity contribution in [2.45, 2.75) is 38.2 Å². The van der Waals surface area contributed by atoms with Gasteiger partial charge in [-0.2, -0.15) is 0 Å². The Balaban J connectivity index is 1.69. The van der Waals surface area contributed by atoms with E-state index in [2.05, 4.69) is 10.3 Å². The lowest BCUT2D eigenvalue weighted by Crippen LogP contribution is -2.23. The Morgan fingerprint density at radius 2 is 2.18 bits per heavy atom. The van der Waals surface area contributed by atoms with Gasteiger partial charge in [0.25, 0.3) is 0 Å². The SMILES string of the molecule is COc1ccc(NC(N)=NCCCOC2CCCC2)cc1Cl. The summed E-state index contributed by atoms with van der Waals surface area (Å²) in [6.45, 7) is 1.39. The molecule has 1 aromatic rings. The number of ether oxygens (including phenoxy) is 2. The smallest absolute Gasteiger partial charge is 0.193 e. The van der Waals surface area contributed by atoms with Crippen LogP contribution < -0.4 is 15.8 Å². The van der Waals surface area contributed by atoms with Crippen molar-refractivity contribution in [2.75, 3.05) is 25.6 Å². The van der Waals surface area contributed by atoms with Gasteiger partial charge in [-0.15, -0.1) is 0 Å². The number of methoxy groups -OCH3 is 1. The van der Waals surface area contributed by atoms with Crippen molar-refractivity contribution in [2.24, 2.45) is 10.7 Å². The average molecular weight is 326 g/mol. The van der Waals surface area contributed by atoms with Gasteiger partial charge in [-0.1, -0.05) is 24.4 Å². The maximum atomic E-state index is 6.06. The number of nitrogens with zero attached hydrogens (tertiary/aromatic N) is 1. The molecule has 0 amide bonds. The van der Waals surface area contributed by atoms with Crippen molar-refractivity contribution >= 4 is 23.2 Å². The van der Waals surface area contributed by atoms with Crippen molar-refractivity contribution in [3.05, 3.63) is 23.2 Å². The molecule has 0 bridgehead atoms. The van der Waals surface area contributed by atoms with Gasteiger partial charge in [0.05, 0.1) is 18.2 Å². The quantitative estimate of drug-likeness (QED) is 0.458. The molecular formula is C16H24ClN3O2. The Bertz CT molecular complexity index is 502. The van der Waals surface area contributed by atoms with Crippen LogP contribution in [0.2, 0.25) is 5.02 Å². The predicted octanol–water partition coefficient (Wildman–Crippen LogP) is 3.42. The number of nitrogens with one attached hydrogen (secondary N) is 1. The Morgan fingerprint density at radius 1 is 1.41 bits per heavy atom. The molecule has 1 fully saturated rings. The molecule has 1 saturated carbocycles. The molecule has 0 saturated heterocycles. The lowest BCUT2D eigenvalue weighted by molar-refractivity contribution is 0.0579. The van der Waals surface area contributed by atoms with E-state index in [4.69, 9.17) is 26.8 Å². The molecule has 0 heterocycles. The summed E-state index contributed by atoms with van der Waals surface area (Å²) in [7, 11) is 1.58. The van der Waals surface area contributed by atoms with E-state index in [9.17, 15) is 0 Å². The van der Waals surface area contributed by atoms with E-state index in [0.29, 0.717) is 29.4 Å². The molecule has 1 aliphatic carbocycles. The highest BCUT2D eigenvalue weighted by molar-refractivity contribution is 6.32. The molecule has 0 radical (unpaired) electrons. The third-order valence-corrected chi connectivity index (χ3v) is 3.96. The fourth-order valence-corrected chi connectivity index (χ4v) is 2.76. The average Bonchev–Trinajstić information content (AvgIpc) is 3.00. The summed E-state index contributed by atoms with van der Waals surface area (Å²) in [4.78, 5) is 4.28. The first-order valence-electron chi connectivity index (χ1n) is 7.71. The number of hydrogen-bond acceptors (Lipinski definition) is 3. The summed E-state index contributed by atoms with van der Waals surface area (Å²) < 4.78 is 10.9. The van der Waals surface area contributed by atoms with Crippen LogP contribution in [-0.2, 0) is 4.74 Å². The first kappa shape index (κ1) is 16.9. The van der Waals surface area contributed by atoms with Gasteiger partial charge >= 0.3 is 0 Å². The van der Waals surface area contributed by atoms with E-state index in [1.165, 1.54) is 25.7 Å². The summed E-state index contributed by atoms with van der Waals surface area (Å²) in [6.07, 6.45) is 6.33. The van der Waals surface area contributed by atoms with Crippen molar-refractivity contribution in [3.8, 4) is 5.75 Å². The number of nitrogens with two attached hydrogens (primary N) is 1. The number of aliphatic imine (C=N–C) groups is 1. The lowest BCUT2D eigenvalue weighted by atomic mass is 10.3. The molecule has 0 atom stereocenters. The lowest BCUT2D eigenvalue weighted by Gasteiger charge is -2.10. The number of halogens is 1. The second-order valence-electron chi connectivity index (χ2n) is 5.37. The minimum Gasteiger partial charge on any atom is -0.495 e. The van der Waals surface area contributed by atoms with E-state index in [-0.39, 0.29) is 0 Å². The van der Waals surface area contributed by atoms with Gasteiger partial charge in [-0.05, 0) is 37.5 Å². The second kappa shape index (κ2) is 8.86. The molecule has 5 nitrogen and oxygen atoms in total. The van der Waals surface area contributed by atoms with Crippen molar-refractivity contribution < 1.29 is 9.47 Å². The molecule has 2 rings (SSSR count). The molecule has 0 unspecified atom stereocenters. The topological polar surface area (TPSA) is 68.9 Å². The number of anilines is 1. The van der Waals surface area contributed by atoms with Gasteiger partial charge in [-0.3, -0.25) is 4.99 Å². The van der Waals surface area contributed by atoms with Crippen molar-refractivity contribution in [1.82, 2.24) is 0 Å². The summed E-state index contributed by atoms with van der Waals surface area (Å²) in [5, 5.41) is 3.55. The van der Waals surface area contributed by atoms with Crippen molar-refractivity contribution in [1.29, 1.82) is 0 Å². The minimum absolute atomic E-state index is 0.377. The number of guanidine groups is 1. The molecule has 0 aliphatic heterocycles. The third-order valence-electron chi connectivity index (χ3n) is 3.66. The zero-order chi connectivity index (χ0) is 15.8. The highest BCUT2D eigenvalue weighted by Gasteiger charge is 2.14. The van der Waals surface area contributed by atoms with Crippen LogP contribution in [0.5, 0.6) is 5.75 Å². The molecule has 0 aromatic heterocycles. The van der Waals surface area contributed by atoms with Crippen LogP contribution >= 0.6 is 11.6 Å². The molecule has 1 aliphatic rings. The predicted molar refractivity (Wildman–Crippen MR) is 90.9 cm³/mol. The first-order valence-corrected chi connectivity index (χ1v) is 8.09. The molecular weight excluding hydrogens is 302 g/mol. The Labute approximate surface area is 136 Å². The summed E-state index contributed by atoms with van der Waals surface area (Å²) >= 11 is 6.06. The van der Waals surface area contributed by atoms with Gasteiger partial charge in [0, 0.05) is 18.8 Å². The molecule has 0 spiro atoms. The van der Waals surface area contributed by atoms with Gasteiger partial charge in [0.2, 0.25) is 0 Å². The molecule has 6 heteroatoms. The molecule has 122 valence electrons. The van der Waals surface area contributed by atoms with E-state index < -0.39 is 0 Å². The Kier molecular flexibility index (Phi) is 6.80. The van der Waals surface area contributed by atoms with E-state index in [0.717, 1.165) is 18.7 Å². The Hall–Kier alpha value is -1.46. The number of benzene rings is 1. The number of hydrogen-bond donors (Lipinski definition) is 2. The highest BCUT2D eigenvalue weighted by atomic mass is 35.5. The highest BCUT2D eigenvalue weighted by Crippen LogP contribution is 2.27. The second-order valence-corrected chi connectivity index (χ2v) is 5.78. The molecule has 22 heavy (non-hydrogen) atoms. The van der Waals surface area contributed by atoms with Crippen LogP contribution in [-0.4, -0.2) is 32.3 Å².